The molecule has 134 valence electrons. The van der Waals surface area contributed by atoms with Crippen molar-refractivity contribution in [2.45, 2.75) is 52.1 Å². The van der Waals surface area contributed by atoms with Gasteiger partial charge in [-0.05, 0) is 50.3 Å². The molecule has 1 aromatic carbocycles. The summed E-state index contributed by atoms with van der Waals surface area (Å²) in [5.74, 6) is 0.602. The minimum absolute atomic E-state index is 0. The van der Waals surface area contributed by atoms with E-state index >= 15 is 0 Å². The number of likely N-dealkylation sites (tertiary alicyclic amines) is 1. The van der Waals surface area contributed by atoms with E-state index in [9.17, 15) is 4.79 Å². The Kier molecular flexibility index (Phi) is 9.10. The van der Waals surface area contributed by atoms with E-state index in [1.807, 2.05) is 29.2 Å². The van der Waals surface area contributed by atoms with Gasteiger partial charge in [0.05, 0.1) is 6.54 Å². The molecule has 0 bridgehead atoms. The van der Waals surface area contributed by atoms with Gasteiger partial charge in [-0.2, -0.15) is 0 Å². The van der Waals surface area contributed by atoms with Gasteiger partial charge in [0.1, 0.15) is 0 Å². The largest absolute Gasteiger partial charge is 0.370 e. The monoisotopic (exact) mass is 444 g/mol. The minimum atomic E-state index is 0. The molecule has 0 aliphatic carbocycles. The Labute approximate surface area is 162 Å². The summed E-state index contributed by atoms with van der Waals surface area (Å²) in [6, 6.07) is 8.01. The number of halogens is 1. The van der Waals surface area contributed by atoms with Crippen molar-refractivity contribution in [1.82, 2.24) is 10.2 Å². The van der Waals surface area contributed by atoms with Crippen LogP contribution >= 0.6 is 24.0 Å². The average Bonchev–Trinajstić information content (AvgIpc) is 2.60. The van der Waals surface area contributed by atoms with Crippen molar-refractivity contribution in [3.05, 3.63) is 35.4 Å². The van der Waals surface area contributed by atoms with E-state index in [2.05, 4.69) is 24.2 Å². The highest BCUT2D eigenvalue weighted by atomic mass is 127. The third-order valence-electron chi connectivity index (χ3n) is 4.28. The lowest BCUT2D eigenvalue weighted by Gasteiger charge is -2.26. The zero-order valence-electron chi connectivity index (χ0n) is 14.6. The summed E-state index contributed by atoms with van der Waals surface area (Å²) in [6.45, 7) is 6.45. The van der Waals surface area contributed by atoms with Crippen LogP contribution < -0.4 is 11.1 Å². The molecule has 0 radical (unpaired) electrons. The van der Waals surface area contributed by atoms with Gasteiger partial charge in [-0.15, -0.1) is 24.0 Å². The van der Waals surface area contributed by atoms with Crippen molar-refractivity contribution in [2.75, 3.05) is 13.1 Å². The number of carbonyl (C=O) groups excluding carboxylic acids is 1. The lowest BCUT2D eigenvalue weighted by atomic mass is 10.1. The van der Waals surface area contributed by atoms with Crippen LogP contribution in [-0.2, 0) is 6.54 Å². The standard InChI is InChI=1S/C18H28N4O.HI/c1-3-14(2)21-18(19)20-13-15-7-9-16(10-8-15)17(23)22-11-5-4-6-12-22;/h7-10,14H,3-6,11-13H2,1-2H3,(H3,19,20,21);1H. The maximum absolute atomic E-state index is 12.4. The second-order valence-electron chi connectivity index (χ2n) is 6.20. The third kappa shape index (κ3) is 6.30. The number of rotatable bonds is 5. The average molecular weight is 444 g/mol. The predicted molar refractivity (Wildman–Crippen MR) is 110 cm³/mol. The molecular formula is C18H29IN4O. The smallest absolute Gasteiger partial charge is 0.253 e. The summed E-state index contributed by atoms with van der Waals surface area (Å²) in [6.07, 6.45) is 4.46. The van der Waals surface area contributed by atoms with E-state index in [4.69, 9.17) is 5.73 Å². The van der Waals surface area contributed by atoms with Gasteiger partial charge in [-0.1, -0.05) is 19.1 Å². The molecule has 1 unspecified atom stereocenters. The van der Waals surface area contributed by atoms with Crippen LogP contribution in [0.15, 0.2) is 29.3 Å². The lowest BCUT2D eigenvalue weighted by molar-refractivity contribution is 0.0724. The number of aliphatic imine (C=N–C) groups is 1. The second kappa shape index (κ2) is 10.5. The zero-order chi connectivity index (χ0) is 16.7. The Morgan fingerprint density at radius 1 is 1.25 bits per heavy atom. The molecule has 5 nitrogen and oxygen atoms in total. The van der Waals surface area contributed by atoms with Crippen LogP contribution in [0.2, 0.25) is 0 Å². The normalized spacial score (nSPS) is 16.2. The first-order chi connectivity index (χ1) is 11.1. The summed E-state index contributed by atoms with van der Waals surface area (Å²) >= 11 is 0. The number of piperidine rings is 1. The number of hydrogen-bond donors (Lipinski definition) is 2. The van der Waals surface area contributed by atoms with Crippen molar-refractivity contribution < 1.29 is 4.79 Å². The number of benzene rings is 1. The molecular weight excluding hydrogens is 415 g/mol. The number of guanidine groups is 1. The number of carbonyl (C=O) groups is 1. The molecule has 2 rings (SSSR count). The third-order valence-corrected chi connectivity index (χ3v) is 4.28. The van der Waals surface area contributed by atoms with Crippen molar-refractivity contribution >= 4 is 35.8 Å². The van der Waals surface area contributed by atoms with Crippen LogP contribution in [0.3, 0.4) is 0 Å². The molecule has 1 fully saturated rings. The molecule has 24 heavy (non-hydrogen) atoms. The van der Waals surface area contributed by atoms with Crippen molar-refractivity contribution in [1.29, 1.82) is 0 Å². The van der Waals surface area contributed by atoms with Crippen LogP contribution in [-0.4, -0.2) is 35.9 Å². The first-order valence-corrected chi connectivity index (χ1v) is 8.54. The van der Waals surface area contributed by atoms with Crippen LogP contribution in [0.25, 0.3) is 0 Å². The highest BCUT2D eigenvalue weighted by Gasteiger charge is 2.17. The molecule has 1 aliphatic rings. The SMILES string of the molecule is CCC(C)NC(N)=NCc1ccc(C(=O)N2CCCCC2)cc1.I. The Bertz CT molecular complexity index is 538. The van der Waals surface area contributed by atoms with E-state index in [1.165, 1.54) is 6.42 Å². The predicted octanol–water partition coefficient (Wildman–Crippen LogP) is 3.13. The molecule has 6 heteroatoms. The summed E-state index contributed by atoms with van der Waals surface area (Å²) in [7, 11) is 0. The van der Waals surface area contributed by atoms with E-state index in [1.54, 1.807) is 0 Å². The van der Waals surface area contributed by atoms with E-state index < -0.39 is 0 Å². The topological polar surface area (TPSA) is 70.7 Å². The quantitative estimate of drug-likeness (QED) is 0.417. The van der Waals surface area contributed by atoms with Gasteiger partial charge in [-0.25, -0.2) is 4.99 Å². The highest BCUT2D eigenvalue weighted by Crippen LogP contribution is 2.14. The van der Waals surface area contributed by atoms with E-state index in [0.29, 0.717) is 18.5 Å². The summed E-state index contributed by atoms with van der Waals surface area (Å²) in [5, 5.41) is 3.14. The van der Waals surface area contributed by atoms with Gasteiger partial charge in [0.2, 0.25) is 0 Å². The zero-order valence-corrected chi connectivity index (χ0v) is 17.0. The van der Waals surface area contributed by atoms with Gasteiger partial charge >= 0.3 is 0 Å². The van der Waals surface area contributed by atoms with Crippen molar-refractivity contribution in [3.8, 4) is 0 Å². The van der Waals surface area contributed by atoms with Gasteiger partial charge in [0.15, 0.2) is 5.96 Å². The van der Waals surface area contributed by atoms with Gasteiger partial charge < -0.3 is 16.0 Å². The number of amides is 1. The maximum Gasteiger partial charge on any atom is 0.253 e. The first kappa shape index (κ1) is 20.7. The fraction of sp³-hybridized carbons (Fsp3) is 0.556. The number of hydrogen-bond acceptors (Lipinski definition) is 2. The molecule has 1 heterocycles. The molecule has 1 amide bonds. The molecule has 0 spiro atoms. The van der Waals surface area contributed by atoms with E-state index in [0.717, 1.165) is 43.5 Å². The lowest BCUT2D eigenvalue weighted by Crippen LogP contribution is -2.38. The van der Waals surface area contributed by atoms with Crippen molar-refractivity contribution in [2.24, 2.45) is 10.7 Å². The fourth-order valence-electron chi connectivity index (χ4n) is 2.61. The van der Waals surface area contributed by atoms with Crippen molar-refractivity contribution in [3.63, 3.8) is 0 Å². The van der Waals surface area contributed by atoms with Crippen LogP contribution in [0.1, 0.15) is 55.5 Å². The highest BCUT2D eigenvalue weighted by molar-refractivity contribution is 14.0. The molecule has 0 aromatic heterocycles. The Morgan fingerprint density at radius 2 is 1.88 bits per heavy atom. The molecule has 1 aromatic rings. The molecule has 1 saturated heterocycles. The van der Waals surface area contributed by atoms with E-state index in [-0.39, 0.29) is 29.9 Å². The first-order valence-electron chi connectivity index (χ1n) is 8.54. The van der Waals surface area contributed by atoms with Gasteiger partial charge in [0.25, 0.3) is 5.91 Å². The Balaban J connectivity index is 0.00000288. The second-order valence-corrected chi connectivity index (χ2v) is 6.20. The number of nitrogens with two attached hydrogens (primary N) is 1. The maximum atomic E-state index is 12.4. The van der Waals surface area contributed by atoms with Crippen LogP contribution in [0.4, 0.5) is 0 Å². The van der Waals surface area contributed by atoms with Gasteiger partial charge in [0, 0.05) is 24.7 Å². The summed E-state index contributed by atoms with van der Waals surface area (Å²) in [5.41, 5.74) is 7.66. The molecule has 0 saturated carbocycles. The Morgan fingerprint density at radius 3 is 2.46 bits per heavy atom. The molecule has 1 atom stereocenters. The Hall–Kier alpha value is -1.31. The van der Waals surface area contributed by atoms with Crippen LogP contribution in [0, 0.1) is 0 Å². The minimum Gasteiger partial charge on any atom is -0.370 e. The number of nitrogens with zero attached hydrogens (tertiary/aromatic N) is 2. The fourth-order valence-corrected chi connectivity index (χ4v) is 2.61. The summed E-state index contributed by atoms with van der Waals surface area (Å²) < 4.78 is 0. The van der Waals surface area contributed by atoms with Crippen LogP contribution in [0.5, 0.6) is 0 Å². The van der Waals surface area contributed by atoms with Gasteiger partial charge in [-0.3, -0.25) is 4.79 Å². The molecule has 1 aliphatic heterocycles. The summed E-state index contributed by atoms with van der Waals surface area (Å²) in [4.78, 5) is 18.7. The number of nitrogens with one attached hydrogen (secondary N) is 1. The molecule has 3 N–H and O–H groups in total.